The minimum Gasteiger partial charge on any atom is -0.508 e. The fraction of sp³-hybridized carbons (Fsp3) is 0.300. The molecule has 6 nitrogen and oxygen atoms in total. The molecule has 0 saturated carbocycles. The Hall–Kier alpha value is -3.77. The van der Waals surface area contributed by atoms with E-state index in [1.165, 1.54) is 31.4 Å². The van der Waals surface area contributed by atoms with Crippen LogP contribution in [0.2, 0.25) is 0 Å². The van der Waals surface area contributed by atoms with E-state index in [1.54, 1.807) is 36.4 Å². The van der Waals surface area contributed by atoms with Crippen LogP contribution in [0.4, 0.5) is 0 Å². The van der Waals surface area contributed by atoms with Crippen molar-refractivity contribution in [2.45, 2.75) is 32.1 Å². The molecule has 0 bridgehead atoms. The number of hydrogen-bond acceptors (Lipinski definition) is 6. The number of likely N-dealkylation sites (tertiary alicyclic amines) is 1. The third kappa shape index (κ3) is 5.09. The number of rotatable bonds is 7. The number of allylic oxidation sites excluding steroid dienone is 2. The van der Waals surface area contributed by atoms with Crippen molar-refractivity contribution in [2.24, 2.45) is 0 Å². The van der Waals surface area contributed by atoms with Gasteiger partial charge in [0.25, 0.3) is 0 Å². The Morgan fingerprint density at radius 3 is 2.36 bits per heavy atom. The van der Waals surface area contributed by atoms with E-state index in [0.717, 1.165) is 42.1 Å². The zero-order chi connectivity index (χ0) is 25.1. The summed E-state index contributed by atoms with van der Waals surface area (Å²) in [5.74, 6) is 0.329. The van der Waals surface area contributed by atoms with E-state index in [4.69, 9.17) is 4.74 Å². The van der Waals surface area contributed by atoms with E-state index in [1.807, 2.05) is 12.1 Å². The standard InChI is InChI=1S/C30H31NO5/c32-23-8-12-26-21(18-23)6-11-25(22-7-13-27(33)28(34)19-22)29(26)30(35)20-4-9-24(10-5-20)36-17-16-31-14-2-1-3-15-31/h4-5,7-10,12-13,18-19,32-34H,1-3,6,11,14-17H2. The second-order valence-electron chi connectivity index (χ2n) is 9.50. The molecule has 0 unspecified atom stereocenters. The molecule has 0 amide bonds. The molecule has 1 heterocycles. The highest BCUT2D eigenvalue weighted by atomic mass is 16.5. The van der Waals surface area contributed by atoms with E-state index in [0.29, 0.717) is 36.1 Å². The SMILES string of the molecule is O=C(C1=C(c2ccc(O)c(O)c2)CCc2cc(O)ccc21)c1ccc(OCCN2CCCCC2)cc1. The van der Waals surface area contributed by atoms with Crippen LogP contribution in [-0.4, -0.2) is 52.2 Å². The summed E-state index contributed by atoms with van der Waals surface area (Å²) in [7, 11) is 0. The first-order chi connectivity index (χ1) is 17.5. The minimum atomic E-state index is -0.227. The molecule has 36 heavy (non-hydrogen) atoms. The average Bonchev–Trinajstić information content (AvgIpc) is 2.90. The fourth-order valence-corrected chi connectivity index (χ4v) is 5.16. The van der Waals surface area contributed by atoms with Crippen molar-refractivity contribution in [3.63, 3.8) is 0 Å². The number of benzene rings is 3. The molecule has 0 radical (unpaired) electrons. The molecular weight excluding hydrogens is 454 g/mol. The van der Waals surface area contributed by atoms with Crippen LogP contribution in [0.3, 0.4) is 0 Å². The number of ether oxygens (including phenoxy) is 1. The largest absolute Gasteiger partial charge is 0.508 e. The monoisotopic (exact) mass is 485 g/mol. The third-order valence-corrected chi connectivity index (χ3v) is 7.10. The van der Waals surface area contributed by atoms with E-state index in [2.05, 4.69) is 4.90 Å². The molecule has 1 fully saturated rings. The zero-order valence-electron chi connectivity index (χ0n) is 20.2. The number of carbonyl (C=O) groups is 1. The van der Waals surface area contributed by atoms with Gasteiger partial charge in [-0.05, 0) is 110 Å². The topological polar surface area (TPSA) is 90.2 Å². The summed E-state index contributed by atoms with van der Waals surface area (Å²) in [6.07, 6.45) is 5.04. The summed E-state index contributed by atoms with van der Waals surface area (Å²) in [5, 5.41) is 29.8. The molecule has 3 N–H and O–H groups in total. The van der Waals surface area contributed by atoms with Crippen molar-refractivity contribution in [1.82, 2.24) is 4.90 Å². The van der Waals surface area contributed by atoms with Gasteiger partial charge in [0.2, 0.25) is 0 Å². The van der Waals surface area contributed by atoms with Crippen LogP contribution in [0.1, 0.15) is 52.7 Å². The number of aryl methyl sites for hydroxylation is 1. The second-order valence-corrected chi connectivity index (χ2v) is 9.50. The maximum atomic E-state index is 13.8. The number of nitrogens with zero attached hydrogens (tertiary/aromatic N) is 1. The Bertz CT molecular complexity index is 1290. The average molecular weight is 486 g/mol. The van der Waals surface area contributed by atoms with Gasteiger partial charge in [0.15, 0.2) is 17.3 Å². The molecule has 186 valence electrons. The first-order valence-corrected chi connectivity index (χ1v) is 12.6. The summed E-state index contributed by atoms with van der Waals surface area (Å²) < 4.78 is 5.93. The molecule has 0 aromatic heterocycles. The van der Waals surface area contributed by atoms with Gasteiger partial charge >= 0.3 is 0 Å². The molecule has 5 rings (SSSR count). The Morgan fingerprint density at radius 1 is 0.833 bits per heavy atom. The predicted octanol–water partition coefficient (Wildman–Crippen LogP) is 5.41. The molecule has 3 aromatic rings. The van der Waals surface area contributed by atoms with Crippen LogP contribution >= 0.6 is 0 Å². The normalized spacial score (nSPS) is 16.0. The molecule has 3 aromatic carbocycles. The summed E-state index contributed by atoms with van der Waals surface area (Å²) in [5.41, 5.74) is 4.24. The van der Waals surface area contributed by atoms with Crippen molar-refractivity contribution in [3.05, 3.63) is 82.9 Å². The molecule has 1 saturated heterocycles. The van der Waals surface area contributed by atoms with Crippen molar-refractivity contribution in [3.8, 4) is 23.0 Å². The van der Waals surface area contributed by atoms with Gasteiger partial charge in [-0.2, -0.15) is 0 Å². The number of phenols is 3. The lowest BCUT2D eigenvalue weighted by molar-refractivity contribution is 0.105. The summed E-state index contributed by atoms with van der Waals surface area (Å²) >= 11 is 0. The number of aromatic hydroxyl groups is 3. The molecule has 0 atom stereocenters. The number of hydrogen-bond donors (Lipinski definition) is 3. The summed E-state index contributed by atoms with van der Waals surface area (Å²) in [6.45, 7) is 3.78. The maximum absolute atomic E-state index is 13.8. The number of ketones is 1. The summed E-state index contributed by atoms with van der Waals surface area (Å²) in [6, 6.07) is 16.9. The van der Waals surface area contributed by atoms with E-state index in [9.17, 15) is 20.1 Å². The van der Waals surface area contributed by atoms with Crippen LogP contribution in [0, 0.1) is 0 Å². The molecule has 0 spiro atoms. The third-order valence-electron chi connectivity index (χ3n) is 7.10. The highest BCUT2D eigenvalue weighted by Crippen LogP contribution is 2.41. The fourth-order valence-electron chi connectivity index (χ4n) is 5.16. The Balaban J connectivity index is 1.41. The Labute approximate surface area is 211 Å². The van der Waals surface area contributed by atoms with Gasteiger partial charge in [0, 0.05) is 17.7 Å². The van der Waals surface area contributed by atoms with Crippen molar-refractivity contribution in [2.75, 3.05) is 26.2 Å². The maximum Gasteiger partial charge on any atom is 0.193 e. The molecule has 6 heteroatoms. The lowest BCUT2D eigenvalue weighted by Gasteiger charge is -2.26. The number of phenolic OH excluding ortho intramolecular Hbond substituents is 3. The van der Waals surface area contributed by atoms with Crippen LogP contribution in [-0.2, 0) is 6.42 Å². The Kier molecular flexibility index (Phi) is 6.96. The van der Waals surface area contributed by atoms with Crippen LogP contribution in [0.25, 0.3) is 11.1 Å². The van der Waals surface area contributed by atoms with Crippen LogP contribution in [0.5, 0.6) is 23.0 Å². The molecule has 1 aliphatic heterocycles. The van der Waals surface area contributed by atoms with E-state index < -0.39 is 0 Å². The lowest BCUT2D eigenvalue weighted by Crippen LogP contribution is -2.33. The zero-order valence-corrected chi connectivity index (χ0v) is 20.2. The van der Waals surface area contributed by atoms with Gasteiger partial charge < -0.3 is 20.1 Å². The van der Waals surface area contributed by atoms with Crippen LogP contribution in [0.15, 0.2) is 60.7 Å². The molecule has 1 aliphatic carbocycles. The van der Waals surface area contributed by atoms with Gasteiger partial charge in [-0.3, -0.25) is 9.69 Å². The van der Waals surface area contributed by atoms with E-state index in [-0.39, 0.29) is 23.0 Å². The number of piperidine rings is 1. The van der Waals surface area contributed by atoms with Crippen molar-refractivity contribution >= 4 is 16.9 Å². The van der Waals surface area contributed by atoms with Gasteiger partial charge in [0.05, 0.1) is 0 Å². The minimum absolute atomic E-state index is 0.135. The lowest BCUT2D eigenvalue weighted by atomic mass is 9.79. The Morgan fingerprint density at radius 2 is 1.61 bits per heavy atom. The van der Waals surface area contributed by atoms with Gasteiger partial charge in [0.1, 0.15) is 18.1 Å². The number of Topliss-reactive ketones (excluding diaryl/α,β-unsaturated/α-hetero) is 1. The predicted molar refractivity (Wildman–Crippen MR) is 140 cm³/mol. The van der Waals surface area contributed by atoms with Crippen molar-refractivity contribution in [1.29, 1.82) is 0 Å². The van der Waals surface area contributed by atoms with Gasteiger partial charge in [-0.25, -0.2) is 0 Å². The highest BCUT2D eigenvalue weighted by Gasteiger charge is 2.27. The van der Waals surface area contributed by atoms with Crippen molar-refractivity contribution < 1.29 is 24.9 Å². The highest BCUT2D eigenvalue weighted by molar-refractivity contribution is 6.35. The number of carbonyl (C=O) groups excluding carboxylic acids is 1. The number of fused-ring (bicyclic) bond motifs is 1. The van der Waals surface area contributed by atoms with Gasteiger partial charge in [-0.1, -0.05) is 18.6 Å². The van der Waals surface area contributed by atoms with E-state index >= 15 is 0 Å². The molecule has 2 aliphatic rings. The smallest absolute Gasteiger partial charge is 0.193 e. The summed E-state index contributed by atoms with van der Waals surface area (Å²) in [4.78, 5) is 16.3. The first kappa shape index (κ1) is 23.9. The quantitative estimate of drug-likeness (QED) is 0.306. The molecular formula is C30H31NO5. The first-order valence-electron chi connectivity index (χ1n) is 12.6. The van der Waals surface area contributed by atoms with Crippen LogP contribution < -0.4 is 4.74 Å². The van der Waals surface area contributed by atoms with Gasteiger partial charge in [-0.15, -0.1) is 0 Å². The second kappa shape index (κ2) is 10.5.